The maximum Gasteiger partial charge on any atom is 0.306 e. The number of rotatable bonds is 4. The van der Waals surface area contributed by atoms with E-state index in [9.17, 15) is 14.0 Å². The molecule has 0 bridgehead atoms. The van der Waals surface area contributed by atoms with Crippen molar-refractivity contribution >= 4 is 22.7 Å². The first-order valence-electron chi connectivity index (χ1n) is 5.95. The predicted octanol–water partition coefficient (Wildman–Crippen LogP) is 2.85. The summed E-state index contributed by atoms with van der Waals surface area (Å²) in [7, 11) is 0. The third-order valence-corrected chi connectivity index (χ3v) is 3.46. The highest BCUT2D eigenvalue weighted by molar-refractivity contribution is 6.09. The lowest BCUT2D eigenvalue weighted by Crippen LogP contribution is -2.25. The fourth-order valence-electron chi connectivity index (χ4n) is 1.98. The minimum atomic E-state index is -1.02. The Labute approximate surface area is 109 Å². The molecule has 0 saturated heterocycles. The van der Waals surface area contributed by atoms with Crippen molar-refractivity contribution in [3.63, 3.8) is 0 Å². The van der Waals surface area contributed by atoms with Gasteiger partial charge in [0.1, 0.15) is 5.82 Å². The van der Waals surface area contributed by atoms with E-state index in [1.807, 2.05) is 0 Å². The van der Waals surface area contributed by atoms with E-state index in [-0.39, 0.29) is 5.78 Å². The van der Waals surface area contributed by atoms with E-state index in [2.05, 4.69) is 4.98 Å². The van der Waals surface area contributed by atoms with Gasteiger partial charge in [0.2, 0.25) is 0 Å². The standard InChI is InChI=1S/C14H14FNO3/c1-7(8(2)14(18)19)13(17)11-6-16-12-4-3-9(15)5-10(11)12/h3-8,16H,1-2H3,(H,18,19). The van der Waals surface area contributed by atoms with Crippen LogP contribution in [0.4, 0.5) is 4.39 Å². The normalized spacial score (nSPS) is 14.3. The molecule has 0 aliphatic rings. The largest absolute Gasteiger partial charge is 0.481 e. The van der Waals surface area contributed by atoms with Gasteiger partial charge in [-0.1, -0.05) is 13.8 Å². The number of carbonyl (C=O) groups is 2. The second-order valence-corrected chi connectivity index (χ2v) is 4.67. The highest BCUT2D eigenvalue weighted by atomic mass is 19.1. The van der Waals surface area contributed by atoms with Gasteiger partial charge in [0, 0.05) is 28.6 Å². The van der Waals surface area contributed by atoms with E-state index < -0.39 is 23.6 Å². The molecular formula is C14H14FNO3. The fourth-order valence-corrected chi connectivity index (χ4v) is 1.98. The quantitative estimate of drug-likeness (QED) is 0.833. The van der Waals surface area contributed by atoms with Crippen molar-refractivity contribution in [1.29, 1.82) is 0 Å². The molecular weight excluding hydrogens is 249 g/mol. The number of carboxylic acids is 1. The number of aromatic amines is 1. The summed E-state index contributed by atoms with van der Waals surface area (Å²) < 4.78 is 13.2. The number of ketones is 1. The van der Waals surface area contributed by atoms with Crippen molar-refractivity contribution in [2.75, 3.05) is 0 Å². The van der Waals surface area contributed by atoms with Crippen LogP contribution < -0.4 is 0 Å². The van der Waals surface area contributed by atoms with Crippen molar-refractivity contribution in [3.8, 4) is 0 Å². The van der Waals surface area contributed by atoms with Gasteiger partial charge in [0.25, 0.3) is 0 Å². The summed E-state index contributed by atoms with van der Waals surface area (Å²) in [5.41, 5.74) is 0.982. The van der Waals surface area contributed by atoms with Crippen molar-refractivity contribution < 1.29 is 19.1 Å². The lowest BCUT2D eigenvalue weighted by atomic mass is 9.88. The van der Waals surface area contributed by atoms with Crippen LogP contribution in [0.1, 0.15) is 24.2 Å². The Morgan fingerprint density at radius 1 is 1.26 bits per heavy atom. The van der Waals surface area contributed by atoms with E-state index in [1.165, 1.54) is 25.3 Å². The van der Waals surface area contributed by atoms with Gasteiger partial charge in [-0.25, -0.2) is 4.39 Å². The average molecular weight is 263 g/mol. The minimum absolute atomic E-state index is 0.299. The zero-order chi connectivity index (χ0) is 14.2. The second-order valence-electron chi connectivity index (χ2n) is 4.67. The summed E-state index contributed by atoms with van der Waals surface area (Å²) in [6.45, 7) is 3.06. The van der Waals surface area contributed by atoms with Crippen LogP contribution >= 0.6 is 0 Å². The minimum Gasteiger partial charge on any atom is -0.481 e. The summed E-state index contributed by atoms with van der Waals surface area (Å²) in [5, 5.41) is 9.42. The summed E-state index contributed by atoms with van der Waals surface area (Å²) >= 11 is 0. The topological polar surface area (TPSA) is 70.2 Å². The van der Waals surface area contributed by atoms with Crippen LogP contribution in [-0.4, -0.2) is 21.8 Å². The summed E-state index contributed by atoms with van der Waals surface area (Å²) in [5.74, 6) is -3.20. The van der Waals surface area contributed by atoms with Crippen molar-refractivity contribution in [2.24, 2.45) is 11.8 Å². The molecule has 2 rings (SSSR count). The zero-order valence-electron chi connectivity index (χ0n) is 10.6. The van der Waals surface area contributed by atoms with Crippen molar-refractivity contribution in [3.05, 3.63) is 35.8 Å². The Morgan fingerprint density at radius 3 is 2.58 bits per heavy atom. The van der Waals surface area contributed by atoms with Crippen LogP contribution in [0, 0.1) is 17.7 Å². The average Bonchev–Trinajstić information content (AvgIpc) is 2.78. The highest BCUT2D eigenvalue weighted by Gasteiger charge is 2.28. The number of H-pyrrole nitrogens is 1. The van der Waals surface area contributed by atoms with Crippen LogP contribution in [-0.2, 0) is 4.79 Å². The molecule has 2 atom stereocenters. The first kappa shape index (κ1) is 13.3. The number of nitrogens with one attached hydrogen (secondary N) is 1. The third-order valence-electron chi connectivity index (χ3n) is 3.46. The highest BCUT2D eigenvalue weighted by Crippen LogP contribution is 2.24. The molecule has 0 aliphatic carbocycles. The van der Waals surface area contributed by atoms with E-state index in [4.69, 9.17) is 5.11 Å². The van der Waals surface area contributed by atoms with Crippen molar-refractivity contribution in [1.82, 2.24) is 4.98 Å². The molecule has 0 fully saturated rings. The van der Waals surface area contributed by atoms with Gasteiger partial charge in [-0.05, 0) is 18.2 Å². The van der Waals surface area contributed by atoms with E-state index in [0.29, 0.717) is 16.5 Å². The van der Waals surface area contributed by atoms with Gasteiger partial charge in [-0.2, -0.15) is 0 Å². The molecule has 0 radical (unpaired) electrons. The molecule has 100 valence electrons. The zero-order valence-corrected chi connectivity index (χ0v) is 10.6. The van der Waals surface area contributed by atoms with Gasteiger partial charge in [-0.3, -0.25) is 9.59 Å². The van der Waals surface area contributed by atoms with Crippen LogP contribution in [0.25, 0.3) is 10.9 Å². The summed E-state index contributed by atoms with van der Waals surface area (Å²) in [6, 6.07) is 4.13. The Morgan fingerprint density at radius 2 is 1.95 bits per heavy atom. The molecule has 0 aliphatic heterocycles. The molecule has 2 aromatic rings. The number of Topliss-reactive ketones (excluding diaryl/α,β-unsaturated/α-hetero) is 1. The molecule has 0 saturated carbocycles. The van der Waals surface area contributed by atoms with Gasteiger partial charge < -0.3 is 10.1 Å². The number of aromatic nitrogens is 1. The maximum atomic E-state index is 13.2. The van der Waals surface area contributed by atoms with Crippen LogP contribution in [0.3, 0.4) is 0 Å². The van der Waals surface area contributed by atoms with Gasteiger partial charge in [0.15, 0.2) is 5.78 Å². The molecule has 1 aromatic heterocycles. The maximum absolute atomic E-state index is 13.2. The Kier molecular flexibility index (Phi) is 3.38. The number of hydrogen-bond donors (Lipinski definition) is 2. The first-order valence-corrected chi connectivity index (χ1v) is 5.95. The first-order chi connectivity index (χ1) is 8.91. The third kappa shape index (κ3) is 2.36. The van der Waals surface area contributed by atoms with Crippen LogP contribution in [0.2, 0.25) is 0 Å². The molecule has 19 heavy (non-hydrogen) atoms. The van der Waals surface area contributed by atoms with E-state index >= 15 is 0 Å². The summed E-state index contributed by atoms with van der Waals surface area (Å²) in [4.78, 5) is 26.1. The number of carboxylic acid groups (broad SMARTS) is 1. The SMILES string of the molecule is CC(C(=O)O)C(C)C(=O)c1c[nH]c2ccc(F)cc12. The Hall–Kier alpha value is -2.17. The smallest absolute Gasteiger partial charge is 0.306 e. The molecule has 4 nitrogen and oxygen atoms in total. The van der Waals surface area contributed by atoms with Crippen molar-refractivity contribution in [2.45, 2.75) is 13.8 Å². The molecule has 0 amide bonds. The van der Waals surface area contributed by atoms with E-state index in [0.717, 1.165) is 0 Å². The number of hydrogen-bond acceptors (Lipinski definition) is 2. The Bertz CT molecular complexity index is 647. The van der Waals surface area contributed by atoms with Gasteiger partial charge in [-0.15, -0.1) is 0 Å². The monoisotopic (exact) mass is 263 g/mol. The second kappa shape index (κ2) is 4.84. The lowest BCUT2D eigenvalue weighted by molar-refractivity contribution is -0.142. The lowest BCUT2D eigenvalue weighted by Gasteiger charge is -2.14. The number of halogens is 1. The van der Waals surface area contributed by atoms with Gasteiger partial charge >= 0.3 is 5.97 Å². The van der Waals surface area contributed by atoms with Gasteiger partial charge in [0.05, 0.1) is 5.92 Å². The predicted molar refractivity (Wildman–Crippen MR) is 68.6 cm³/mol. The number of carbonyl (C=O) groups excluding carboxylic acids is 1. The van der Waals surface area contributed by atoms with Crippen LogP contribution in [0.5, 0.6) is 0 Å². The molecule has 2 unspecified atom stereocenters. The molecule has 5 heteroatoms. The number of fused-ring (bicyclic) bond motifs is 1. The summed E-state index contributed by atoms with van der Waals surface area (Å²) in [6.07, 6.45) is 1.50. The molecule has 1 aromatic carbocycles. The van der Waals surface area contributed by atoms with Crippen LogP contribution in [0.15, 0.2) is 24.4 Å². The molecule has 2 N–H and O–H groups in total. The fraction of sp³-hybridized carbons (Fsp3) is 0.286. The molecule has 0 spiro atoms. The number of benzene rings is 1. The van der Waals surface area contributed by atoms with E-state index in [1.54, 1.807) is 13.0 Å². The molecule has 1 heterocycles. The Balaban J connectivity index is 2.41. The number of aliphatic carboxylic acids is 1.